The average Bonchev–Trinajstić information content (AvgIpc) is 2.84. The normalized spacial score (nSPS) is 11.8. The number of nitrogens with one attached hydrogen (secondary N) is 1. The van der Waals surface area contributed by atoms with E-state index in [4.69, 9.17) is 0 Å². The van der Waals surface area contributed by atoms with Crippen LogP contribution in [0.2, 0.25) is 0 Å². The van der Waals surface area contributed by atoms with E-state index in [1.165, 1.54) is 6.07 Å². The number of hydrogen-bond donors (Lipinski definition) is 2. The molecule has 2 rings (SSSR count). The molecule has 0 bridgehead atoms. The van der Waals surface area contributed by atoms with Gasteiger partial charge in [0.15, 0.2) is 0 Å². The molecular weight excluding hydrogens is 276 g/mol. The summed E-state index contributed by atoms with van der Waals surface area (Å²) < 4.78 is 28.9. The van der Waals surface area contributed by atoms with E-state index in [0.29, 0.717) is 11.4 Å². The maximum absolute atomic E-state index is 12.3. The van der Waals surface area contributed by atoms with Gasteiger partial charge in [0.1, 0.15) is 4.90 Å². The number of nitrogens with zero attached hydrogens (tertiary/aromatic N) is 1. The molecule has 0 aliphatic heterocycles. The number of anilines is 1. The first kappa shape index (κ1) is 14.6. The lowest BCUT2D eigenvalue weighted by molar-refractivity contribution is 0.268. The number of para-hydroxylation sites is 1. The van der Waals surface area contributed by atoms with Crippen LogP contribution in [-0.4, -0.2) is 18.1 Å². The molecule has 20 heavy (non-hydrogen) atoms. The molecule has 0 amide bonds. The van der Waals surface area contributed by atoms with E-state index in [9.17, 15) is 13.5 Å². The van der Waals surface area contributed by atoms with E-state index in [2.05, 4.69) is 4.72 Å². The van der Waals surface area contributed by atoms with Crippen molar-refractivity contribution in [1.29, 1.82) is 0 Å². The summed E-state index contributed by atoms with van der Waals surface area (Å²) in [7, 11) is -3.64. The first-order chi connectivity index (χ1) is 9.44. The second-order valence-electron chi connectivity index (χ2n) is 4.80. The summed E-state index contributed by atoms with van der Waals surface area (Å²) in [6.45, 7) is 3.67. The molecule has 0 atom stereocenters. The molecule has 1 heterocycles. The average molecular weight is 294 g/mol. The second kappa shape index (κ2) is 5.68. The van der Waals surface area contributed by atoms with Crippen molar-refractivity contribution in [3.63, 3.8) is 0 Å². The fraction of sp³-hybridized carbons (Fsp3) is 0.286. The summed E-state index contributed by atoms with van der Waals surface area (Å²) in [6, 6.07) is 10.3. The molecule has 6 heteroatoms. The Morgan fingerprint density at radius 2 is 1.90 bits per heavy atom. The van der Waals surface area contributed by atoms with Gasteiger partial charge >= 0.3 is 0 Å². The number of aliphatic hydroxyl groups excluding tert-OH is 1. The Hall–Kier alpha value is -1.79. The minimum atomic E-state index is -3.64. The summed E-state index contributed by atoms with van der Waals surface area (Å²) in [5, 5.41) is 9.30. The van der Waals surface area contributed by atoms with Crippen LogP contribution in [0.25, 0.3) is 0 Å². The lowest BCUT2D eigenvalue weighted by atomic mass is 10.3. The van der Waals surface area contributed by atoms with Gasteiger partial charge in [0.25, 0.3) is 10.0 Å². The molecule has 0 radical (unpaired) electrons. The van der Waals surface area contributed by atoms with Crippen LogP contribution in [0.1, 0.15) is 25.6 Å². The summed E-state index contributed by atoms with van der Waals surface area (Å²) in [6.07, 6.45) is 1.54. The maximum atomic E-state index is 12.3. The van der Waals surface area contributed by atoms with Gasteiger partial charge in [0.2, 0.25) is 0 Å². The highest BCUT2D eigenvalue weighted by Crippen LogP contribution is 2.21. The van der Waals surface area contributed by atoms with Crippen LogP contribution in [-0.2, 0) is 16.6 Å². The number of aliphatic hydroxyl groups is 1. The molecule has 2 N–H and O–H groups in total. The van der Waals surface area contributed by atoms with Gasteiger partial charge in [-0.15, -0.1) is 0 Å². The Balaban J connectivity index is 2.35. The fourth-order valence-corrected chi connectivity index (χ4v) is 3.08. The number of benzene rings is 1. The molecule has 0 saturated carbocycles. The fourth-order valence-electron chi connectivity index (χ4n) is 1.97. The van der Waals surface area contributed by atoms with Crippen LogP contribution in [0.4, 0.5) is 5.69 Å². The standard InChI is InChI=1S/C14H18N2O3S/c1-11(2)16-9-14(8-13(16)10-17)20(18,19)15-12-6-4-3-5-7-12/h3-9,11,15,17H,10H2,1-2H3. The Bertz CT molecular complexity index is 676. The van der Waals surface area contributed by atoms with Crippen LogP contribution in [0.3, 0.4) is 0 Å². The molecule has 0 saturated heterocycles. The van der Waals surface area contributed by atoms with Gasteiger partial charge in [-0.05, 0) is 32.0 Å². The monoisotopic (exact) mass is 294 g/mol. The SMILES string of the molecule is CC(C)n1cc(S(=O)(=O)Nc2ccccc2)cc1CO. The van der Waals surface area contributed by atoms with E-state index >= 15 is 0 Å². The van der Waals surface area contributed by atoms with E-state index < -0.39 is 10.0 Å². The molecule has 1 aromatic heterocycles. The zero-order valence-corrected chi connectivity index (χ0v) is 12.3. The van der Waals surface area contributed by atoms with Crippen molar-refractivity contribution < 1.29 is 13.5 Å². The summed E-state index contributed by atoms with van der Waals surface area (Å²) in [5.74, 6) is 0. The summed E-state index contributed by atoms with van der Waals surface area (Å²) in [5.41, 5.74) is 1.09. The highest BCUT2D eigenvalue weighted by molar-refractivity contribution is 7.92. The largest absolute Gasteiger partial charge is 0.390 e. The van der Waals surface area contributed by atoms with Crippen LogP contribution in [0.5, 0.6) is 0 Å². The third-order valence-electron chi connectivity index (χ3n) is 2.96. The zero-order valence-electron chi connectivity index (χ0n) is 11.4. The van der Waals surface area contributed by atoms with E-state index in [-0.39, 0.29) is 17.5 Å². The van der Waals surface area contributed by atoms with E-state index in [1.807, 2.05) is 19.9 Å². The predicted molar refractivity (Wildman–Crippen MR) is 78.0 cm³/mol. The molecule has 108 valence electrons. The quantitative estimate of drug-likeness (QED) is 0.889. The Kier molecular flexibility index (Phi) is 4.15. The minimum absolute atomic E-state index is 0.0813. The molecule has 0 aliphatic carbocycles. The van der Waals surface area contributed by atoms with E-state index in [1.54, 1.807) is 35.0 Å². The topological polar surface area (TPSA) is 71.3 Å². The van der Waals surface area contributed by atoms with Crippen molar-refractivity contribution in [3.8, 4) is 0 Å². The van der Waals surface area contributed by atoms with Gasteiger partial charge in [-0.25, -0.2) is 8.42 Å². The molecule has 1 aromatic carbocycles. The van der Waals surface area contributed by atoms with Crippen LogP contribution in [0, 0.1) is 0 Å². The Morgan fingerprint density at radius 1 is 1.25 bits per heavy atom. The van der Waals surface area contributed by atoms with Crippen molar-refractivity contribution in [1.82, 2.24) is 4.57 Å². The van der Waals surface area contributed by atoms with Gasteiger partial charge in [0.05, 0.1) is 6.61 Å². The lowest BCUT2D eigenvalue weighted by Gasteiger charge is -2.10. The Labute approximate surface area is 118 Å². The molecule has 5 nitrogen and oxygen atoms in total. The van der Waals surface area contributed by atoms with Crippen LogP contribution in [0.15, 0.2) is 47.5 Å². The lowest BCUT2D eigenvalue weighted by Crippen LogP contribution is -2.12. The third-order valence-corrected chi connectivity index (χ3v) is 4.31. The van der Waals surface area contributed by atoms with Crippen molar-refractivity contribution in [3.05, 3.63) is 48.3 Å². The molecule has 2 aromatic rings. The van der Waals surface area contributed by atoms with Gasteiger partial charge in [-0.1, -0.05) is 18.2 Å². The smallest absolute Gasteiger partial charge is 0.263 e. The van der Waals surface area contributed by atoms with Crippen LogP contribution < -0.4 is 4.72 Å². The molecule has 0 aliphatic rings. The number of rotatable bonds is 5. The van der Waals surface area contributed by atoms with Gasteiger partial charge in [-0.3, -0.25) is 4.72 Å². The third kappa shape index (κ3) is 3.02. The van der Waals surface area contributed by atoms with Crippen LogP contribution >= 0.6 is 0 Å². The van der Waals surface area contributed by atoms with Gasteiger partial charge < -0.3 is 9.67 Å². The molecular formula is C14H18N2O3S. The van der Waals surface area contributed by atoms with Gasteiger partial charge in [0, 0.05) is 23.6 Å². The zero-order chi connectivity index (χ0) is 14.8. The Morgan fingerprint density at radius 3 is 2.40 bits per heavy atom. The highest BCUT2D eigenvalue weighted by atomic mass is 32.2. The number of sulfonamides is 1. The second-order valence-corrected chi connectivity index (χ2v) is 6.48. The number of aromatic nitrogens is 1. The van der Waals surface area contributed by atoms with Crippen molar-refractivity contribution in [2.45, 2.75) is 31.4 Å². The molecule has 0 fully saturated rings. The minimum Gasteiger partial charge on any atom is -0.390 e. The van der Waals surface area contributed by atoms with Crippen molar-refractivity contribution in [2.24, 2.45) is 0 Å². The number of hydrogen-bond acceptors (Lipinski definition) is 3. The maximum Gasteiger partial charge on any atom is 0.263 e. The predicted octanol–water partition coefficient (Wildman–Crippen LogP) is 2.36. The molecule has 0 unspecified atom stereocenters. The molecule has 0 spiro atoms. The van der Waals surface area contributed by atoms with Crippen molar-refractivity contribution in [2.75, 3.05) is 4.72 Å². The summed E-state index contributed by atoms with van der Waals surface area (Å²) in [4.78, 5) is 0.152. The highest BCUT2D eigenvalue weighted by Gasteiger charge is 2.19. The van der Waals surface area contributed by atoms with Gasteiger partial charge in [-0.2, -0.15) is 0 Å². The summed E-state index contributed by atoms with van der Waals surface area (Å²) >= 11 is 0. The van der Waals surface area contributed by atoms with Crippen molar-refractivity contribution >= 4 is 15.7 Å². The first-order valence-corrected chi connectivity index (χ1v) is 7.82. The first-order valence-electron chi connectivity index (χ1n) is 6.33. The van der Waals surface area contributed by atoms with E-state index in [0.717, 1.165) is 0 Å².